The van der Waals surface area contributed by atoms with E-state index in [0.717, 1.165) is 22.9 Å². The molecule has 3 aromatic rings. The molecule has 12 heteroatoms. The maximum absolute atomic E-state index is 13.2. The maximum atomic E-state index is 13.2. The number of primary sulfonamides is 1. The van der Waals surface area contributed by atoms with Gasteiger partial charge in [0.2, 0.25) is 10.0 Å². The Hall–Kier alpha value is -1.78. The molecule has 0 unspecified atom stereocenters. The van der Waals surface area contributed by atoms with Gasteiger partial charge in [0.25, 0.3) is 0 Å². The van der Waals surface area contributed by atoms with Crippen LogP contribution < -0.4 is 5.14 Å². The summed E-state index contributed by atoms with van der Waals surface area (Å²) in [4.78, 5) is -0.205. The lowest BCUT2D eigenvalue weighted by molar-refractivity contribution is -0.141. The van der Waals surface area contributed by atoms with Crippen LogP contribution in [0.4, 0.5) is 13.2 Å². The number of sulfonamides is 1. The summed E-state index contributed by atoms with van der Waals surface area (Å²) in [6, 6.07) is 8.26. The van der Waals surface area contributed by atoms with Gasteiger partial charge in [-0.2, -0.15) is 18.3 Å². The van der Waals surface area contributed by atoms with Crippen molar-refractivity contribution in [2.75, 3.05) is 0 Å². The molecular weight excluding hydrogens is 462 g/mol. The standard InChI is InChI=1S/C16H9Cl3F3N3O2S/c17-8-5-11(18)15(12(19)6-8)13-7-14(16(20,21)22)24-25(13)9-1-3-10(4-2-9)28(23,26)27/h1-7H,(H2,23,26,27). The number of aromatic nitrogens is 2. The Balaban J connectivity index is 2.26. The number of benzene rings is 2. The van der Waals surface area contributed by atoms with Gasteiger partial charge in [-0.15, -0.1) is 0 Å². The summed E-state index contributed by atoms with van der Waals surface area (Å²) >= 11 is 18.2. The first-order chi connectivity index (χ1) is 12.9. The molecule has 148 valence electrons. The second-order valence-corrected chi connectivity index (χ2v) is 8.42. The van der Waals surface area contributed by atoms with Crippen LogP contribution in [0.1, 0.15) is 5.69 Å². The molecule has 0 amide bonds. The molecule has 0 radical (unpaired) electrons. The van der Waals surface area contributed by atoms with Crippen LogP contribution in [0.5, 0.6) is 0 Å². The van der Waals surface area contributed by atoms with E-state index in [9.17, 15) is 21.6 Å². The highest BCUT2D eigenvalue weighted by Gasteiger charge is 2.36. The summed E-state index contributed by atoms with van der Waals surface area (Å²) in [7, 11) is -3.97. The quantitative estimate of drug-likeness (QED) is 0.574. The minimum Gasteiger partial charge on any atom is -0.232 e. The molecule has 0 bridgehead atoms. The number of rotatable bonds is 3. The summed E-state index contributed by atoms with van der Waals surface area (Å²) in [5.74, 6) is 0. The van der Waals surface area contributed by atoms with E-state index < -0.39 is 21.9 Å². The van der Waals surface area contributed by atoms with Crippen LogP contribution in [-0.2, 0) is 16.2 Å². The monoisotopic (exact) mass is 469 g/mol. The van der Waals surface area contributed by atoms with Gasteiger partial charge in [-0.25, -0.2) is 18.2 Å². The van der Waals surface area contributed by atoms with Crippen molar-refractivity contribution in [2.45, 2.75) is 11.1 Å². The third-order valence-electron chi connectivity index (χ3n) is 3.67. The van der Waals surface area contributed by atoms with Gasteiger partial charge >= 0.3 is 6.18 Å². The third-order valence-corrected chi connectivity index (χ3v) is 5.42. The van der Waals surface area contributed by atoms with E-state index in [1.165, 1.54) is 24.3 Å². The number of hydrogen-bond donors (Lipinski definition) is 1. The van der Waals surface area contributed by atoms with Crippen molar-refractivity contribution in [3.8, 4) is 16.9 Å². The van der Waals surface area contributed by atoms with Crippen LogP contribution in [0.25, 0.3) is 16.9 Å². The van der Waals surface area contributed by atoms with E-state index in [2.05, 4.69) is 5.10 Å². The summed E-state index contributed by atoms with van der Waals surface area (Å²) in [6.07, 6.45) is -4.73. The molecule has 1 heterocycles. The Morgan fingerprint density at radius 3 is 1.96 bits per heavy atom. The zero-order valence-electron chi connectivity index (χ0n) is 13.5. The molecule has 2 N–H and O–H groups in total. The number of halogens is 6. The lowest BCUT2D eigenvalue weighted by Crippen LogP contribution is -2.12. The minimum atomic E-state index is -4.73. The van der Waals surface area contributed by atoms with E-state index in [1.54, 1.807) is 0 Å². The smallest absolute Gasteiger partial charge is 0.232 e. The van der Waals surface area contributed by atoms with Gasteiger partial charge in [0, 0.05) is 10.6 Å². The minimum absolute atomic E-state index is 0.0218. The van der Waals surface area contributed by atoms with Gasteiger partial charge in [-0.05, 0) is 42.5 Å². The predicted molar refractivity (Wildman–Crippen MR) is 100 cm³/mol. The third kappa shape index (κ3) is 4.13. The molecule has 0 aliphatic rings. The van der Waals surface area contributed by atoms with E-state index >= 15 is 0 Å². The van der Waals surface area contributed by atoms with Crippen molar-refractivity contribution >= 4 is 44.8 Å². The Labute approximate surface area is 172 Å². The van der Waals surface area contributed by atoms with Gasteiger partial charge in [0.1, 0.15) is 0 Å². The average Bonchev–Trinajstić information content (AvgIpc) is 2.98. The van der Waals surface area contributed by atoms with Gasteiger partial charge < -0.3 is 0 Å². The molecule has 0 aliphatic carbocycles. The lowest BCUT2D eigenvalue weighted by atomic mass is 10.1. The summed E-state index contributed by atoms with van der Waals surface area (Å²) in [6.45, 7) is 0. The van der Waals surface area contributed by atoms with Crippen molar-refractivity contribution < 1.29 is 21.6 Å². The summed E-state index contributed by atoms with van der Waals surface area (Å²) in [5.41, 5.74) is -1.01. The first-order valence-corrected chi connectivity index (χ1v) is 10.0. The van der Waals surface area contributed by atoms with Crippen molar-refractivity contribution in [1.82, 2.24) is 9.78 Å². The lowest BCUT2D eigenvalue weighted by Gasteiger charge is -2.11. The Morgan fingerprint density at radius 2 is 1.50 bits per heavy atom. The maximum Gasteiger partial charge on any atom is 0.435 e. The second-order valence-electron chi connectivity index (χ2n) is 5.61. The van der Waals surface area contributed by atoms with Crippen LogP contribution in [0.15, 0.2) is 47.4 Å². The van der Waals surface area contributed by atoms with Gasteiger partial charge in [0.05, 0.1) is 26.3 Å². The molecule has 0 aliphatic heterocycles. The molecule has 1 aromatic heterocycles. The van der Waals surface area contributed by atoms with Gasteiger partial charge in [-0.1, -0.05) is 34.8 Å². The number of nitrogens with zero attached hydrogens (tertiary/aromatic N) is 2. The molecule has 0 saturated heterocycles. The second kappa shape index (κ2) is 7.23. The predicted octanol–water partition coefficient (Wildman–Crippen LogP) is 5.17. The highest BCUT2D eigenvalue weighted by Crippen LogP contribution is 2.40. The zero-order valence-corrected chi connectivity index (χ0v) is 16.6. The van der Waals surface area contributed by atoms with Crippen molar-refractivity contribution in [3.63, 3.8) is 0 Å². The highest BCUT2D eigenvalue weighted by molar-refractivity contribution is 7.89. The number of alkyl halides is 3. The van der Waals surface area contributed by atoms with E-state index in [4.69, 9.17) is 39.9 Å². The van der Waals surface area contributed by atoms with Crippen molar-refractivity contribution in [1.29, 1.82) is 0 Å². The number of nitrogens with two attached hydrogens (primary N) is 1. The molecule has 5 nitrogen and oxygen atoms in total. The first kappa shape index (κ1) is 20.9. The summed E-state index contributed by atoms with van der Waals surface area (Å²) in [5, 5.41) is 8.87. The Morgan fingerprint density at radius 1 is 0.964 bits per heavy atom. The highest BCUT2D eigenvalue weighted by atomic mass is 35.5. The molecule has 0 atom stereocenters. The molecule has 3 rings (SSSR count). The van der Waals surface area contributed by atoms with Crippen LogP contribution in [0.3, 0.4) is 0 Å². The van der Waals surface area contributed by atoms with Gasteiger partial charge in [0.15, 0.2) is 5.69 Å². The molecule has 0 fully saturated rings. The molecule has 0 spiro atoms. The fourth-order valence-corrected chi connectivity index (χ4v) is 3.98. The molecular formula is C16H9Cl3F3N3O2S. The van der Waals surface area contributed by atoms with E-state index in [0.29, 0.717) is 0 Å². The fourth-order valence-electron chi connectivity index (χ4n) is 2.46. The number of hydrogen-bond acceptors (Lipinski definition) is 3. The normalized spacial score (nSPS) is 12.4. The van der Waals surface area contributed by atoms with Crippen LogP contribution in [-0.4, -0.2) is 18.2 Å². The molecule has 0 saturated carbocycles. The Kier molecular flexibility index (Phi) is 5.41. The van der Waals surface area contributed by atoms with Crippen molar-refractivity contribution in [3.05, 3.63) is 63.2 Å². The average molecular weight is 471 g/mol. The zero-order chi connectivity index (χ0) is 20.9. The van der Waals surface area contributed by atoms with Crippen LogP contribution in [0, 0.1) is 0 Å². The molecule has 2 aromatic carbocycles. The largest absolute Gasteiger partial charge is 0.435 e. The van der Waals surface area contributed by atoms with E-state index in [1.807, 2.05) is 0 Å². The summed E-state index contributed by atoms with van der Waals surface area (Å²) < 4.78 is 63.4. The first-order valence-electron chi connectivity index (χ1n) is 7.33. The van der Waals surface area contributed by atoms with Crippen molar-refractivity contribution in [2.24, 2.45) is 5.14 Å². The Bertz CT molecular complexity index is 1140. The van der Waals surface area contributed by atoms with Crippen LogP contribution >= 0.6 is 34.8 Å². The van der Waals surface area contributed by atoms with Crippen LogP contribution in [0.2, 0.25) is 15.1 Å². The SMILES string of the molecule is NS(=O)(=O)c1ccc(-n2nc(C(F)(F)F)cc2-c2c(Cl)cc(Cl)cc2Cl)cc1. The van der Waals surface area contributed by atoms with Gasteiger partial charge in [-0.3, -0.25) is 0 Å². The molecule has 28 heavy (non-hydrogen) atoms. The fraction of sp³-hybridized carbons (Fsp3) is 0.0625. The van der Waals surface area contributed by atoms with E-state index in [-0.39, 0.29) is 36.9 Å². The topological polar surface area (TPSA) is 78.0 Å².